The van der Waals surface area contributed by atoms with E-state index in [2.05, 4.69) is 12.0 Å². The highest BCUT2D eigenvalue weighted by Crippen LogP contribution is 2.29. The van der Waals surface area contributed by atoms with Gasteiger partial charge in [-0.3, -0.25) is 9.48 Å². The topological polar surface area (TPSA) is 64.2 Å². The molecule has 3 rings (SSSR count). The van der Waals surface area contributed by atoms with Gasteiger partial charge in [-0.05, 0) is 37.8 Å². The molecule has 1 aromatic heterocycles. The van der Waals surface area contributed by atoms with E-state index in [4.69, 9.17) is 5.73 Å². The minimum absolute atomic E-state index is 0.0805. The fourth-order valence-corrected chi connectivity index (χ4v) is 3.71. The van der Waals surface area contributed by atoms with Crippen molar-refractivity contribution in [3.63, 3.8) is 0 Å². The molecule has 0 radical (unpaired) electrons. The molecule has 1 saturated heterocycles. The van der Waals surface area contributed by atoms with E-state index in [0.29, 0.717) is 12.5 Å². The number of carbonyl (C=O) groups excluding carboxylic acids is 1. The fourth-order valence-electron chi connectivity index (χ4n) is 3.71. The molecule has 24 heavy (non-hydrogen) atoms. The molecule has 5 nitrogen and oxygen atoms in total. The Labute approximate surface area is 143 Å². The Balaban J connectivity index is 2.03. The van der Waals surface area contributed by atoms with Crippen LogP contribution in [0, 0.1) is 12.8 Å². The molecule has 0 spiro atoms. The van der Waals surface area contributed by atoms with Crippen LogP contribution in [0.1, 0.15) is 35.7 Å². The predicted octanol–water partition coefficient (Wildman–Crippen LogP) is 2.59. The zero-order chi connectivity index (χ0) is 17.3. The number of aromatic nitrogens is 2. The number of rotatable bonds is 3. The minimum atomic E-state index is 0.0805. The third-order valence-corrected chi connectivity index (χ3v) is 5.12. The van der Waals surface area contributed by atoms with E-state index in [9.17, 15) is 4.79 Å². The summed E-state index contributed by atoms with van der Waals surface area (Å²) in [5, 5.41) is 4.24. The van der Waals surface area contributed by atoms with Gasteiger partial charge in [0.1, 0.15) is 0 Å². The van der Waals surface area contributed by atoms with E-state index in [1.165, 1.54) is 0 Å². The molecule has 0 bridgehead atoms. The van der Waals surface area contributed by atoms with Crippen molar-refractivity contribution in [2.24, 2.45) is 18.7 Å². The van der Waals surface area contributed by atoms with Gasteiger partial charge < -0.3 is 10.6 Å². The quantitative estimate of drug-likeness (QED) is 0.943. The lowest BCUT2D eigenvalue weighted by atomic mass is 9.89. The van der Waals surface area contributed by atoms with Crippen molar-refractivity contribution in [2.75, 3.05) is 13.1 Å². The van der Waals surface area contributed by atoms with Crippen molar-refractivity contribution in [1.82, 2.24) is 14.7 Å². The lowest BCUT2D eigenvalue weighted by Gasteiger charge is -2.39. The molecular formula is C19H26N4O. The Morgan fingerprint density at radius 2 is 2.17 bits per heavy atom. The first-order chi connectivity index (χ1) is 11.5. The second-order valence-electron chi connectivity index (χ2n) is 6.81. The molecule has 1 fully saturated rings. The summed E-state index contributed by atoms with van der Waals surface area (Å²) in [6.45, 7) is 5.50. The van der Waals surface area contributed by atoms with Crippen LogP contribution < -0.4 is 5.73 Å². The van der Waals surface area contributed by atoms with Crippen LogP contribution in [0.15, 0.2) is 30.5 Å². The Morgan fingerprint density at radius 3 is 2.83 bits per heavy atom. The van der Waals surface area contributed by atoms with Gasteiger partial charge in [0.2, 0.25) is 0 Å². The molecule has 0 saturated carbocycles. The molecular weight excluding hydrogens is 300 g/mol. The van der Waals surface area contributed by atoms with Crippen molar-refractivity contribution >= 4 is 5.91 Å². The van der Waals surface area contributed by atoms with E-state index in [-0.39, 0.29) is 11.9 Å². The van der Waals surface area contributed by atoms with Crippen LogP contribution in [0.2, 0.25) is 0 Å². The van der Waals surface area contributed by atoms with Crippen molar-refractivity contribution < 1.29 is 4.79 Å². The smallest absolute Gasteiger partial charge is 0.254 e. The van der Waals surface area contributed by atoms with Gasteiger partial charge in [-0.1, -0.05) is 24.6 Å². The van der Waals surface area contributed by atoms with Gasteiger partial charge in [-0.2, -0.15) is 5.10 Å². The van der Waals surface area contributed by atoms with Gasteiger partial charge >= 0.3 is 0 Å². The maximum atomic E-state index is 13.3. The monoisotopic (exact) mass is 326 g/mol. The van der Waals surface area contributed by atoms with E-state index < -0.39 is 0 Å². The Hall–Kier alpha value is -2.14. The first kappa shape index (κ1) is 16.7. The number of hydrogen-bond acceptors (Lipinski definition) is 3. The highest BCUT2D eigenvalue weighted by Gasteiger charge is 2.32. The zero-order valence-electron chi connectivity index (χ0n) is 14.7. The van der Waals surface area contributed by atoms with Crippen LogP contribution in [0.4, 0.5) is 0 Å². The van der Waals surface area contributed by atoms with Crippen LogP contribution in [0.3, 0.4) is 0 Å². The van der Waals surface area contributed by atoms with Crippen LogP contribution in [-0.4, -0.2) is 39.7 Å². The second-order valence-corrected chi connectivity index (χ2v) is 6.81. The minimum Gasteiger partial charge on any atom is -0.334 e. The average Bonchev–Trinajstić information content (AvgIpc) is 2.99. The molecule has 0 aliphatic carbocycles. The summed E-state index contributed by atoms with van der Waals surface area (Å²) < 4.78 is 1.81. The number of nitrogens with zero attached hydrogens (tertiary/aromatic N) is 3. The summed E-state index contributed by atoms with van der Waals surface area (Å²) in [5.41, 5.74) is 9.68. The second kappa shape index (κ2) is 6.77. The van der Waals surface area contributed by atoms with Gasteiger partial charge in [0, 0.05) is 43.5 Å². The van der Waals surface area contributed by atoms with Crippen LogP contribution in [0.25, 0.3) is 11.3 Å². The summed E-state index contributed by atoms with van der Waals surface area (Å²) in [5.74, 6) is 0.523. The van der Waals surface area contributed by atoms with Gasteiger partial charge in [-0.25, -0.2) is 0 Å². The normalized spacial score (nSPS) is 21.1. The van der Waals surface area contributed by atoms with Crippen LogP contribution >= 0.6 is 0 Å². The van der Waals surface area contributed by atoms with Gasteiger partial charge in [0.25, 0.3) is 5.91 Å². The summed E-state index contributed by atoms with van der Waals surface area (Å²) in [7, 11) is 1.90. The first-order valence-electron chi connectivity index (χ1n) is 8.63. The van der Waals surface area contributed by atoms with Crippen molar-refractivity contribution in [3.8, 4) is 11.3 Å². The molecule has 5 heteroatoms. The number of piperidine rings is 1. The third kappa shape index (κ3) is 2.96. The van der Waals surface area contributed by atoms with Crippen LogP contribution in [-0.2, 0) is 7.05 Å². The molecule has 1 aromatic carbocycles. The standard InChI is InChI=1S/C19H26N4O/c1-13-6-7-15(17-8-9-21-22(17)3)16(11-13)19(24)23-10-4-5-14(2)18(23)12-20/h6-9,11,14,18H,4-5,10,12,20H2,1-3H3/t14-,18-/m1/s1. The van der Waals surface area contributed by atoms with Crippen molar-refractivity contribution in [1.29, 1.82) is 0 Å². The number of amides is 1. The highest BCUT2D eigenvalue weighted by molar-refractivity contribution is 6.01. The predicted molar refractivity (Wildman–Crippen MR) is 95.7 cm³/mol. The van der Waals surface area contributed by atoms with Gasteiger partial charge in [0.05, 0.1) is 5.69 Å². The SMILES string of the molecule is Cc1ccc(-c2ccnn2C)c(C(=O)N2CCC[C@@H](C)[C@H]2CN)c1. The Morgan fingerprint density at radius 1 is 1.38 bits per heavy atom. The number of carbonyl (C=O) groups is 1. The van der Waals surface area contributed by atoms with Crippen LogP contribution in [0.5, 0.6) is 0 Å². The lowest BCUT2D eigenvalue weighted by Crippen LogP contribution is -2.51. The highest BCUT2D eigenvalue weighted by atomic mass is 16.2. The van der Waals surface area contributed by atoms with Crippen molar-refractivity contribution in [2.45, 2.75) is 32.7 Å². The van der Waals surface area contributed by atoms with E-state index in [0.717, 1.165) is 41.8 Å². The molecule has 2 heterocycles. The third-order valence-electron chi connectivity index (χ3n) is 5.12. The van der Waals surface area contributed by atoms with Gasteiger partial charge in [-0.15, -0.1) is 0 Å². The van der Waals surface area contributed by atoms with E-state index >= 15 is 0 Å². The molecule has 2 atom stereocenters. The molecule has 1 aliphatic heterocycles. The number of likely N-dealkylation sites (tertiary alicyclic amines) is 1. The average molecular weight is 326 g/mol. The maximum Gasteiger partial charge on any atom is 0.254 e. The molecule has 128 valence electrons. The lowest BCUT2D eigenvalue weighted by molar-refractivity contribution is 0.0533. The van der Waals surface area contributed by atoms with E-state index in [1.54, 1.807) is 10.9 Å². The maximum absolute atomic E-state index is 13.3. The Bertz CT molecular complexity index is 737. The summed E-state index contributed by atoms with van der Waals surface area (Å²) in [6.07, 6.45) is 3.93. The number of aryl methyl sites for hydroxylation is 2. The molecule has 2 N–H and O–H groups in total. The number of hydrogen-bond donors (Lipinski definition) is 1. The van der Waals surface area contributed by atoms with Crippen molar-refractivity contribution in [3.05, 3.63) is 41.6 Å². The first-order valence-corrected chi connectivity index (χ1v) is 8.63. The summed E-state index contributed by atoms with van der Waals surface area (Å²) in [6, 6.07) is 8.10. The fraction of sp³-hybridized carbons (Fsp3) is 0.474. The number of nitrogens with two attached hydrogens (primary N) is 1. The molecule has 1 amide bonds. The summed E-state index contributed by atoms with van der Waals surface area (Å²) >= 11 is 0. The van der Waals surface area contributed by atoms with E-state index in [1.807, 2.05) is 43.1 Å². The van der Waals surface area contributed by atoms with Gasteiger partial charge in [0.15, 0.2) is 0 Å². The Kier molecular flexibility index (Phi) is 4.71. The molecule has 1 aliphatic rings. The molecule has 0 unspecified atom stereocenters. The number of benzene rings is 1. The molecule has 2 aromatic rings. The summed E-state index contributed by atoms with van der Waals surface area (Å²) in [4.78, 5) is 15.3. The largest absolute Gasteiger partial charge is 0.334 e. The zero-order valence-corrected chi connectivity index (χ0v) is 14.7.